The summed E-state index contributed by atoms with van der Waals surface area (Å²) >= 11 is 0. The molecule has 1 fully saturated rings. The predicted molar refractivity (Wildman–Crippen MR) is 159 cm³/mol. The monoisotopic (exact) mass is 585 g/mol. The first-order valence-electron chi connectivity index (χ1n) is 14.3. The molecular formula is C28H43N9O5. The van der Waals surface area contributed by atoms with E-state index < -0.39 is 42.0 Å². The molecule has 0 radical (unpaired) electrons. The molecule has 1 aromatic heterocycles. The van der Waals surface area contributed by atoms with Gasteiger partial charge in [-0.15, -0.1) is 0 Å². The third-order valence-electron chi connectivity index (χ3n) is 7.41. The minimum absolute atomic E-state index is 0.0978. The van der Waals surface area contributed by atoms with Gasteiger partial charge in [-0.05, 0) is 69.5 Å². The zero-order valence-corrected chi connectivity index (χ0v) is 23.8. The number of carboxylic acid groups (broad SMARTS) is 1. The van der Waals surface area contributed by atoms with Gasteiger partial charge >= 0.3 is 5.97 Å². The van der Waals surface area contributed by atoms with Crippen LogP contribution < -0.4 is 33.6 Å². The number of nitrogens with one attached hydrogen (secondary N) is 3. The number of amides is 3. The summed E-state index contributed by atoms with van der Waals surface area (Å²) in [7, 11) is 0. The van der Waals surface area contributed by atoms with E-state index in [1.807, 2.05) is 30.5 Å². The van der Waals surface area contributed by atoms with Crippen molar-refractivity contribution in [1.29, 1.82) is 0 Å². The second-order valence-corrected chi connectivity index (χ2v) is 10.6. The Hall–Kier alpha value is -4.17. The number of hydrogen-bond acceptors (Lipinski definition) is 7. The summed E-state index contributed by atoms with van der Waals surface area (Å²) in [5, 5.41) is 15.9. The Labute approximate surface area is 244 Å². The van der Waals surface area contributed by atoms with E-state index in [0.29, 0.717) is 51.6 Å². The van der Waals surface area contributed by atoms with Crippen LogP contribution in [-0.2, 0) is 25.6 Å². The first kappa shape index (κ1) is 32.3. The lowest BCUT2D eigenvalue weighted by atomic mass is 10.0. The van der Waals surface area contributed by atoms with Gasteiger partial charge in [0, 0.05) is 30.2 Å². The number of H-pyrrole nitrogens is 1. The number of unbranched alkanes of at least 4 members (excludes halogenated alkanes) is 1. The molecule has 42 heavy (non-hydrogen) atoms. The van der Waals surface area contributed by atoms with Crippen molar-refractivity contribution in [1.82, 2.24) is 20.5 Å². The average molecular weight is 586 g/mol. The Balaban J connectivity index is 1.65. The number of rotatable bonds is 16. The van der Waals surface area contributed by atoms with E-state index in [9.17, 15) is 24.3 Å². The number of aliphatic carboxylic acids is 1. The van der Waals surface area contributed by atoms with Crippen molar-refractivity contribution in [3.63, 3.8) is 0 Å². The maximum absolute atomic E-state index is 13.4. The number of likely N-dealkylation sites (tertiary alicyclic amines) is 1. The molecule has 0 saturated carbocycles. The van der Waals surface area contributed by atoms with Crippen molar-refractivity contribution < 1.29 is 24.3 Å². The van der Waals surface area contributed by atoms with Gasteiger partial charge in [-0.25, -0.2) is 4.79 Å². The number of nitrogens with two attached hydrogens (primary N) is 4. The first-order valence-corrected chi connectivity index (χ1v) is 14.3. The summed E-state index contributed by atoms with van der Waals surface area (Å²) in [6, 6.07) is 3.91. The summed E-state index contributed by atoms with van der Waals surface area (Å²) in [5.41, 5.74) is 24.4. The molecule has 14 nitrogen and oxygen atoms in total. The van der Waals surface area contributed by atoms with Crippen molar-refractivity contribution in [2.24, 2.45) is 27.9 Å². The van der Waals surface area contributed by atoms with E-state index in [2.05, 4.69) is 20.6 Å². The number of carbonyl (C=O) groups is 4. The van der Waals surface area contributed by atoms with E-state index in [0.717, 1.165) is 16.5 Å². The van der Waals surface area contributed by atoms with E-state index >= 15 is 0 Å². The molecule has 3 amide bonds. The molecule has 1 saturated heterocycles. The lowest BCUT2D eigenvalue weighted by Crippen LogP contribution is -2.56. The number of benzene rings is 1. The Bertz CT molecular complexity index is 1260. The fourth-order valence-corrected chi connectivity index (χ4v) is 5.20. The zero-order chi connectivity index (χ0) is 30.6. The topological polar surface area (TPSA) is 248 Å². The summed E-state index contributed by atoms with van der Waals surface area (Å²) in [6.07, 6.45) is 5.03. The Kier molecular flexibility index (Phi) is 12.1. The quantitative estimate of drug-likeness (QED) is 0.0701. The number of aromatic amines is 1. The number of carboxylic acids is 1. The van der Waals surface area contributed by atoms with E-state index in [-0.39, 0.29) is 31.3 Å². The second-order valence-electron chi connectivity index (χ2n) is 10.6. The van der Waals surface area contributed by atoms with Crippen LogP contribution in [0.2, 0.25) is 0 Å². The van der Waals surface area contributed by atoms with Crippen molar-refractivity contribution >= 4 is 40.6 Å². The van der Waals surface area contributed by atoms with Crippen LogP contribution in [0.5, 0.6) is 0 Å². The van der Waals surface area contributed by atoms with Crippen LogP contribution in [0.1, 0.15) is 50.5 Å². The minimum Gasteiger partial charge on any atom is -0.480 e. The van der Waals surface area contributed by atoms with Crippen LogP contribution in [0.3, 0.4) is 0 Å². The largest absolute Gasteiger partial charge is 0.480 e. The van der Waals surface area contributed by atoms with Crippen LogP contribution in [0.25, 0.3) is 10.9 Å². The number of hydrogen-bond donors (Lipinski definition) is 8. The van der Waals surface area contributed by atoms with Gasteiger partial charge < -0.3 is 48.6 Å². The smallest absolute Gasteiger partial charge is 0.326 e. The molecule has 0 bridgehead atoms. The maximum atomic E-state index is 13.4. The Morgan fingerprint density at radius 1 is 1.07 bits per heavy atom. The van der Waals surface area contributed by atoms with Gasteiger partial charge in [-0.1, -0.05) is 18.2 Å². The first-order chi connectivity index (χ1) is 20.1. The highest BCUT2D eigenvalue weighted by molar-refractivity contribution is 5.94. The molecule has 1 aliphatic heterocycles. The molecule has 2 heterocycles. The van der Waals surface area contributed by atoms with Gasteiger partial charge in [-0.3, -0.25) is 19.4 Å². The van der Waals surface area contributed by atoms with E-state index in [4.69, 9.17) is 22.9 Å². The van der Waals surface area contributed by atoms with E-state index in [1.54, 1.807) is 0 Å². The fraction of sp³-hybridized carbons (Fsp3) is 0.536. The van der Waals surface area contributed by atoms with Crippen molar-refractivity contribution in [2.75, 3.05) is 19.6 Å². The highest BCUT2D eigenvalue weighted by Crippen LogP contribution is 2.22. The number of fused-ring (bicyclic) bond motifs is 1. The molecule has 230 valence electrons. The molecular weight excluding hydrogens is 542 g/mol. The minimum atomic E-state index is -1.21. The molecule has 1 aliphatic rings. The molecule has 14 heteroatoms. The summed E-state index contributed by atoms with van der Waals surface area (Å²) in [5.74, 6) is -2.76. The molecule has 4 unspecified atom stereocenters. The summed E-state index contributed by atoms with van der Waals surface area (Å²) in [6.45, 7) is 0.996. The molecule has 4 atom stereocenters. The third-order valence-corrected chi connectivity index (χ3v) is 7.41. The van der Waals surface area contributed by atoms with Gasteiger partial charge in [0.1, 0.15) is 18.1 Å². The lowest BCUT2D eigenvalue weighted by molar-refractivity contribution is -0.143. The predicted octanol–water partition coefficient (Wildman–Crippen LogP) is -0.734. The lowest BCUT2D eigenvalue weighted by Gasteiger charge is -2.28. The van der Waals surface area contributed by atoms with Gasteiger partial charge in [0.05, 0.1) is 6.04 Å². The van der Waals surface area contributed by atoms with Crippen LogP contribution >= 0.6 is 0 Å². The van der Waals surface area contributed by atoms with Crippen LogP contribution in [0.4, 0.5) is 0 Å². The molecule has 2 aromatic rings. The number of aliphatic imine (C=N–C) groups is 1. The van der Waals surface area contributed by atoms with Gasteiger partial charge in [-0.2, -0.15) is 0 Å². The highest BCUT2D eigenvalue weighted by atomic mass is 16.4. The van der Waals surface area contributed by atoms with Crippen molar-refractivity contribution in [2.45, 2.75) is 75.5 Å². The summed E-state index contributed by atoms with van der Waals surface area (Å²) in [4.78, 5) is 60.2. The number of guanidine groups is 1. The Morgan fingerprint density at radius 3 is 2.52 bits per heavy atom. The van der Waals surface area contributed by atoms with Crippen LogP contribution in [0.15, 0.2) is 35.5 Å². The van der Waals surface area contributed by atoms with Gasteiger partial charge in [0.15, 0.2) is 5.96 Å². The molecule has 0 aliphatic carbocycles. The highest BCUT2D eigenvalue weighted by Gasteiger charge is 2.38. The number of nitrogens with zero attached hydrogens (tertiary/aromatic N) is 2. The molecule has 3 rings (SSSR count). The van der Waals surface area contributed by atoms with Crippen LogP contribution in [0, 0.1) is 0 Å². The molecule has 0 spiro atoms. The number of aromatic nitrogens is 1. The van der Waals surface area contributed by atoms with E-state index in [1.165, 1.54) is 4.90 Å². The normalized spacial score (nSPS) is 16.9. The SMILES string of the molecule is NCCCCC(NC(=O)C1CCCN1C(=O)C(N)Cc1c[nH]c2ccccc12)C(=O)NC(CCCN=C(N)N)C(=O)O. The standard InChI is InChI=1S/C28H43N9O5/c29-12-4-3-9-21(24(38)36-22(27(41)42)10-5-13-33-28(31)32)35-25(39)23-11-6-14-37(23)26(40)19(30)15-17-16-34-20-8-2-1-7-18(17)20/h1-2,7-8,16,19,21-23,34H,3-6,9-15,29-30H2,(H,35,39)(H,36,38)(H,41,42)(H4,31,32,33). The van der Waals surface area contributed by atoms with Gasteiger partial charge in [0.2, 0.25) is 17.7 Å². The van der Waals surface area contributed by atoms with Gasteiger partial charge in [0.25, 0.3) is 0 Å². The van der Waals surface area contributed by atoms with Crippen molar-refractivity contribution in [3.8, 4) is 0 Å². The summed E-state index contributed by atoms with van der Waals surface area (Å²) < 4.78 is 0. The zero-order valence-electron chi connectivity index (χ0n) is 23.8. The Morgan fingerprint density at radius 2 is 1.81 bits per heavy atom. The molecule has 1 aromatic carbocycles. The third kappa shape index (κ3) is 8.91. The number of carbonyl (C=O) groups excluding carboxylic acids is 3. The average Bonchev–Trinajstić information content (AvgIpc) is 3.61. The maximum Gasteiger partial charge on any atom is 0.326 e. The number of para-hydroxylation sites is 1. The second kappa shape index (κ2) is 15.7. The van der Waals surface area contributed by atoms with Crippen LogP contribution in [-0.4, -0.2) is 88.4 Å². The fourth-order valence-electron chi connectivity index (χ4n) is 5.20. The van der Waals surface area contributed by atoms with Crippen molar-refractivity contribution in [3.05, 3.63) is 36.0 Å². The molecule has 12 N–H and O–H groups in total.